The molecule has 0 unspecified atom stereocenters. The Bertz CT molecular complexity index is 1090. The van der Waals surface area contributed by atoms with Crippen molar-refractivity contribution < 1.29 is 17.6 Å². The Morgan fingerprint density at radius 1 is 0.926 bits per heavy atom. The Kier molecular flexibility index (Phi) is 5.57. The molecule has 0 saturated carbocycles. The van der Waals surface area contributed by atoms with Gasteiger partial charge in [0, 0.05) is 10.2 Å². The van der Waals surface area contributed by atoms with Gasteiger partial charge in [0.15, 0.2) is 0 Å². The van der Waals surface area contributed by atoms with Gasteiger partial charge in [-0.1, -0.05) is 34.1 Å². The average Bonchev–Trinajstić information content (AvgIpc) is 2.62. The van der Waals surface area contributed by atoms with Crippen LogP contribution in [0.4, 0.5) is 15.8 Å². The predicted molar refractivity (Wildman–Crippen MR) is 106 cm³/mol. The number of hydrogen-bond donors (Lipinski definition) is 2. The molecule has 0 heterocycles. The van der Waals surface area contributed by atoms with E-state index >= 15 is 0 Å². The number of amides is 1. The first-order valence-corrected chi connectivity index (χ1v) is 10.1. The standard InChI is InChI=1S/C19H14BrFN2O3S/c20-13-8-10-16(11-9-13)27(25,26)23-18-7-2-1-6-17(18)19(24)22-15-5-3-4-14(21)12-15/h1-12,23H,(H,22,24). The maximum Gasteiger partial charge on any atom is 0.261 e. The molecule has 3 aromatic rings. The van der Waals surface area contributed by atoms with Crippen molar-refractivity contribution in [2.75, 3.05) is 10.0 Å². The molecule has 0 aliphatic carbocycles. The number of carbonyl (C=O) groups excluding carboxylic acids is 1. The minimum Gasteiger partial charge on any atom is -0.322 e. The number of hydrogen-bond acceptors (Lipinski definition) is 3. The van der Waals surface area contributed by atoms with Gasteiger partial charge >= 0.3 is 0 Å². The van der Waals surface area contributed by atoms with Gasteiger partial charge in [-0.2, -0.15) is 0 Å². The zero-order valence-electron chi connectivity index (χ0n) is 13.8. The second kappa shape index (κ2) is 7.89. The highest BCUT2D eigenvalue weighted by atomic mass is 79.9. The molecular weight excluding hydrogens is 435 g/mol. The summed E-state index contributed by atoms with van der Waals surface area (Å²) >= 11 is 3.25. The van der Waals surface area contributed by atoms with Crippen LogP contribution in [0.2, 0.25) is 0 Å². The van der Waals surface area contributed by atoms with Crippen LogP contribution in [0.25, 0.3) is 0 Å². The van der Waals surface area contributed by atoms with E-state index in [2.05, 4.69) is 26.0 Å². The smallest absolute Gasteiger partial charge is 0.261 e. The lowest BCUT2D eigenvalue weighted by Gasteiger charge is -2.13. The summed E-state index contributed by atoms with van der Waals surface area (Å²) < 4.78 is 41.6. The molecule has 3 aromatic carbocycles. The summed E-state index contributed by atoms with van der Waals surface area (Å²) in [6.07, 6.45) is 0. The van der Waals surface area contributed by atoms with Gasteiger partial charge in [-0.25, -0.2) is 12.8 Å². The van der Waals surface area contributed by atoms with Crippen LogP contribution in [0.5, 0.6) is 0 Å². The molecule has 0 saturated heterocycles. The maximum absolute atomic E-state index is 13.3. The van der Waals surface area contributed by atoms with Gasteiger partial charge in [0.25, 0.3) is 15.9 Å². The topological polar surface area (TPSA) is 75.3 Å². The number of halogens is 2. The van der Waals surface area contributed by atoms with Crippen LogP contribution in [0.15, 0.2) is 82.2 Å². The van der Waals surface area contributed by atoms with Crippen molar-refractivity contribution in [2.24, 2.45) is 0 Å². The molecule has 2 N–H and O–H groups in total. The summed E-state index contributed by atoms with van der Waals surface area (Å²) in [7, 11) is -3.88. The third-order valence-electron chi connectivity index (χ3n) is 3.62. The number of sulfonamides is 1. The van der Waals surface area contributed by atoms with E-state index in [1.165, 1.54) is 48.5 Å². The fraction of sp³-hybridized carbons (Fsp3) is 0. The quantitative estimate of drug-likeness (QED) is 0.596. The molecule has 27 heavy (non-hydrogen) atoms. The van der Waals surface area contributed by atoms with E-state index in [0.29, 0.717) is 0 Å². The molecule has 0 aliphatic heterocycles. The van der Waals surface area contributed by atoms with Crippen molar-refractivity contribution >= 4 is 43.2 Å². The zero-order valence-corrected chi connectivity index (χ0v) is 16.2. The fourth-order valence-electron chi connectivity index (χ4n) is 2.35. The lowest BCUT2D eigenvalue weighted by Crippen LogP contribution is -2.18. The summed E-state index contributed by atoms with van der Waals surface area (Å²) in [6.45, 7) is 0. The molecule has 8 heteroatoms. The Hall–Kier alpha value is -2.71. The average molecular weight is 449 g/mol. The molecule has 0 aromatic heterocycles. The van der Waals surface area contributed by atoms with Crippen LogP contribution in [0, 0.1) is 5.82 Å². The highest BCUT2D eigenvalue weighted by Gasteiger charge is 2.18. The molecule has 0 aliphatic rings. The Morgan fingerprint density at radius 3 is 2.33 bits per heavy atom. The first-order valence-electron chi connectivity index (χ1n) is 7.79. The van der Waals surface area contributed by atoms with E-state index in [-0.39, 0.29) is 21.8 Å². The number of para-hydroxylation sites is 1. The summed E-state index contributed by atoms with van der Waals surface area (Å²) in [5.74, 6) is -1.05. The molecule has 138 valence electrons. The first kappa shape index (κ1) is 19.1. The van der Waals surface area contributed by atoms with Gasteiger partial charge in [-0.15, -0.1) is 0 Å². The van der Waals surface area contributed by atoms with E-state index < -0.39 is 21.7 Å². The van der Waals surface area contributed by atoms with Gasteiger partial charge in [-0.05, 0) is 54.6 Å². The van der Waals surface area contributed by atoms with Crippen LogP contribution in [0.1, 0.15) is 10.4 Å². The zero-order chi connectivity index (χ0) is 19.4. The van der Waals surface area contributed by atoms with E-state index in [1.807, 2.05) is 0 Å². The van der Waals surface area contributed by atoms with Gasteiger partial charge in [0.2, 0.25) is 0 Å². The van der Waals surface area contributed by atoms with E-state index in [4.69, 9.17) is 0 Å². The minimum atomic E-state index is -3.88. The molecule has 5 nitrogen and oxygen atoms in total. The van der Waals surface area contributed by atoms with Crippen LogP contribution in [-0.4, -0.2) is 14.3 Å². The highest BCUT2D eigenvalue weighted by molar-refractivity contribution is 9.10. The van der Waals surface area contributed by atoms with Gasteiger partial charge in [-0.3, -0.25) is 9.52 Å². The normalized spacial score (nSPS) is 11.0. The van der Waals surface area contributed by atoms with E-state index in [0.717, 1.165) is 4.47 Å². The first-order chi connectivity index (χ1) is 12.8. The molecule has 0 fully saturated rings. The summed E-state index contributed by atoms with van der Waals surface area (Å²) in [4.78, 5) is 12.6. The van der Waals surface area contributed by atoms with Crippen molar-refractivity contribution in [3.8, 4) is 0 Å². The molecule has 1 amide bonds. The second-order valence-electron chi connectivity index (χ2n) is 5.57. The lowest BCUT2D eigenvalue weighted by molar-refractivity contribution is 0.102. The Morgan fingerprint density at radius 2 is 1.63 bits per heavy atom. The van der Waals surface area contributed by atoms with E-state index in [9.17, 15) is 17.6 Å². The summed E-state index contributed by atoms with van der Waals surface area (Å²) in [6, 6.07) is 17.7. The van der Waals surface area contributed by atoms with Crippen molar-refractivity contribution in [1.29, 1.82) is 0 Å². The molecular formula is C19H14BrFN2O3S. The largest absolute Gasteiger partial charge is 0.322 e. The Balaban J connectivity index is 1.87. The third-order valence-corrected chi connectivity index (χ3v) is 5.53. The number of carbonyl (C=O) groups is 1. The monoisotopic (exact) mass is 448 g/mol. The van der Waals surface area contributed by atoms with Gasteiger partial charge in [0.05, 0.1) is 16.1 Å². The van der Waals surface area contributed by atoms with Crippen molar-refractivity contribution in [2.45, 2.75) is 4.90 Å². The Labute approximate surface area is 164 Å². The molecule has 0 radical (unpaired) electrons. The second-order valence-corrected chi connectivity index (χ2v) is 8.17. The van der Waals surface area contributed by atoms with Crippen molar-refractivity contribution in [1.82, 2.24) is 0 Å². The molecule has 0 bridgehead atoms. The predicted octanol–water partition coefficient (Wildman–Crippen LogP) is 4.64. The lowest BCUT2D eigenvalue weighted by atomic mass is 10.1. The molecule has 0 atom stereocenters. The van der Waals surface area contributed by atoms with Crippen molar-refractivity contribution in [3.05, 3.63) is 88.6 Å². The molecule has 0 spiro atoms. The van der Waals surface area contributed by atoms with Gasteiger partial charge < -0.3 is 5.32 Å². The number of rotatable bonds is 5. The van der Waals surface area contributed by atoms with Crippen LogP contribution < -0.4 is 10.0 Å². The van der Waals surface area contributed by atoms with Crippen molar-refractivity contribution in [3.63, 3.8) is 0 Å². The SMILES string of the molecule is O=C(Nc1cccc(F)c1)c1ccccc1NS(=O)(=O)c1ccc(Br)cc1. The maximum atomic E-state index is 13.3. The third kappa shape index (κ3) is 4.72. The van der Waals surface area contributed by atoms with Crippen LogP contribution in [0.3, 0.4) is 0 Å². The molecule has 3 rings (SSSR count). The fourth-order valence-corrected chi connectivity index (χ4v) is 3.70. The van der Waals surface area contributed by atoms with E-state index in [1.54, 1.807) is 24.3 Å². The van der Waals surface area contributed by atoms with Crippen LogP contribution in [-0.2, 0) is 10.0 Å². The van der Waals surface area contributed by atoms with Gasteiger partial charge in [0.1, 0.15) is 5.82 Å². The minimum absolute atomic E-state index is 0.0611. The summed E-state index contributed by atoms with van der Waals surface area (Å²) in [5, 5.41) is 2.55. The number of benzene rings is 3. The number of nitrogens with one attached hydrogen (secondary N) is 2. The number of anilines is 2. The van der Waals surface area contributed by atoms with Crippen LogP contribution >= 0.6 is 15.9 Å². The summed E-state index contributed by atoms with van der Waals surface area (Å²) in [5.41, 5.74) is 0.502. The highest BCUT2D eigenvalue weighted by Crippen LogP contribution is 2.22.